The first-order valence-corrected chi connectivity index (χ1v) is 16.4. The standard InChI is InChI=1S/C37H45N3O10/c1-24(2)31(32(41)42)38-34(44)49-23-37(3,4)17-10-9-14-26-15-11-16-27-19-39(21-29(26)27)35(45)50-28-18-30(33(43)47-5)40(20-28)36(46)48-22-25-12-7-6-8-13-25/h6-9,11-16,28,30-31H,1,10,17-23H2,2-5H3,(H,38,44)(H,41,42)/b14-9+/t28?,30-,31-/m0/s1. The van der Waals surface area contributed by atoms with Gasteiger partial charge in [-0.1, -0.05) is 81.1 Å². The Hall–Kier alpha value is -5.33. The number of benzene rings is 2. The van der Waals surface area contributed by atoms with E-state index in [4.69, 9.17) is 18.9 Å². The SMILES string of the molecule is C=C(C)[C@H](NC(=O)OCC(C)(C)CC/C=C/c1cccc2c1CN(C(=O)OC1C[C@@H](C(=O)OC)N(C(=O)OCc3ccccc3)C1)C2)C(=O)O. The van der Waals surface area contributed by atoms with E-state index in [1.807, 2.05) is 74.5 Å². The topological polar surface area (TPSA) is 161 Å². The van der Waals surface area contributed by atoms with Gasteiger partial charge in [-0.2, -0.15) is 0 Å². The van der Waals surface area contributed by atoms with E-state index in [0.29, 0.717) is 31.5 Å². The van der Waals surface area contributed by atoms with Gasteiger partial charge in [-0.25, -0.2) is 24.0 Å². The van der Waals surface area contributed by atoms with Gasteiger partial charge in [0.2, 0.25) is 0 Å². The molecule has 1 saturated heterocycles. The lowest BCUT2D eigenvalue weighted by atomic mass is 9.88. The third-order valence-corrected chi connectivity index (χ3v) is 8.60. The molecule has 2 heterocycles. The fourth-order valence-electron chi connectivity index (χ4n) is 5.77. The average molecular weight is 692 g/mol. The minimum absolute atomic E-state index is 0.00266. The number of rotatable bonds is 13. The summed E-state index contributed by atoms with van der Waals surface area (Å²) in [5.74, 6) is -1.82. The molecule has 0 aliphatic carbocycles. The summed E-state index contributed by atoms with van der Waals surface area (Å²) in [6.07, 6.45) is 2.72. The Kier molecular flexibility index (Phi) is 12.6. The molecule has 50 heavy (non-hydrogen) atoms. The Morgan fingerprint density at radius 3 is 2.46 bits per heavy atom. The second-order valence-electron chi connectivity index (χ2n) is 13.3. The maximum Gasteiger partial charge on any atom is 0.410 e. The highest BCUT2D eigenvalue weighted by Crippen LogP contribution is 2.30. The molecule has 3 amide bonds. The summed E-state index contributed by atoms with van der Waals surface area (Å²) in [7, 11) is 1.24. The third-order valence-electron chi connectivity index (χ3n) is 8.60. The zero-order valence-corrected chi connectivity index (χ0v) is 28.9. The van der Waals surface area contributed by atoms with Gasteiger partial charge in [0, 0.05) is 13.0 Å². The molecule has 1 unspecified atom stereocenters. The average Bonchev–Trinajstić information content (AvgIpc) is 3.72. The van der Waals surface area contributed by atoms with E-state index in [-0.39, 0.29) is 31.6 Å². The number of hydrogen-bond acceptors (Lipinski definition) is 9. The molecule has 2 aliphatic rings. The molecule has 2 aliphatic heterocycles. The second kappa shape index (κ2) is 16.9. The van der Waals surface area contributed by atoms with Crippen LogP contribution in [0.5, 0.6) is 0 Å². The number of carboxylic acids is 1. The lowest BCUT2D eigenvalue weighted by Crippen LogP contribution is -2.42. The van der Waals surface area contributed by atoms with Crippen molar-refractivity contribution in [2.24, 2.45) is 5.41 Å². The first-order chi connectivity index (χ1) is 23.8. The minimum Gasteiger partial charge on any atom is -0.479 e. The quantitative estimate of drug-likeness (QED) is 0.152. The number of methoxy groups -OCH3 is 1. The number of carboxylic acid groups (broad SMARTS) is 1. The van der Waals surface area contributed by atoms with Crippen LogP contribution in [0.2, 0.25) is 0 Å². The molecular formula is C37H45N3O10. The van der Waals surface area contributed by atoms with E-state index in [1.165, 1.54) is 18.9 Å². The number of esters is 1. The van der Waals surface area contributed by atoms with Crippen molar-refractivity contribution in [3.63, 3.8) is 0 Å². The maximum atomic E-state index is 13.3. The molecule has 3 atom stereocenters. The fourth-order valence-corrected chi connectivity index (χ4v) is 5.77. The van der Waals surface area contributed by atoms with Crippen molar-refractivity contribution in [1.82, 2.24) is 15.1 Å². The smallest absolute Gasteiger partial charge is 0.410 e. The molecule has 13 heteroatoms. The number of ether oxygens (including phenoxy) is 4. The number of carbonyl (C=O) groups excluding carboxylic acids is 4. The molecule has 0 aromatic heterocycles. The molecule has 2 N–H and O–H groups in total. The predicted octanol–water partition coefficient (Wildman–Crippen LogP) is 5.67. The summed E-state index contributed by atoms with van der Waals surface area (Å²) >= 11 is 0. The van der Waals surface area contributed by atoms with Gasteiger partial charge in [-0.15, -0.1) is 0 Å². The van der Waals surface area contributed by atoms with Crippen LogP contribution in [-0.2, 0) is 48.2 Å². The number of nitrogens with zero attached hydrogens (tertiary/aromatic N) is 2. The van der Waals surface area contributed by atoms with Gasteiger partial charge in [0.15, 0.2) is 6.04 Å². The van der Waals surface area contributed by atoms with E-state index >= 15 is 0 Å². The normalized spacial score (nSPS) is 17.5. The van der Waals surface area contributed by atoms with Crippen molar-refractivity contribution in [1.29, 1.82) is 0 Å². The first kappa shape index (κ1) is 37.5. The molecule has 0 saturated carbocycles. The summed E-state index contributed by atoms with van der Waals surface area (Å²) in [5, 5.41) is 11.5. The summed E-state index contributed by atoms with van der Waals surface area (Å²) in [6, 6.07) is 12.9. The van der Waals surface area contributed by atoms with Gasteiger partial charge in [-0.3, -0.25) is 9.80 Å². The molecule has 268 valence electrons. The Bertz CT molecular complexity index is 1590. The monoisotopic (exact) mass is 691 g/mol. The van der Waals surface area contributed by atoms with Gasteiger partial charge in [-0.05, 0) is 53.0 Å². The van der Waals surface area contributed by atoms with Crippen LogP contribution >= 0.6 is 0 Å². The Labute approximate surface area is 291 Å². The molecule has 0 spiro atoms. The van der Waals surface area contributed by atoms with Crippen molar-refractivity contribution in [2.75, 3.05) is 20.3 Å². The Balaban J connectivity index is 1.28. The van der Waals surface area contributed by atoms with Crippen LogP contribution < -0.4 is 5.32 Å². The van der Waals surface area contributed by atoms with Gasteiger partial charge in [0.05, 0.1) is 26.8 Å². The van der Waals surface area contributed by atoms with Crippen LogP contribution in [0.1, 0.15) is 62.3 Å². The van der Waals surface area contributed by atoms with Crippen LogP contribution in [0.15, 0.2) is 66.8 Å². The van der Waals surface area contributed by atoms with Crippen molar-refractivity contribution in [3.8, 4) is 0 Å². The van der Waals surface area contributed by atoms with Gasteiger partial charge in [0.1, 0.15) is 18.8 Å². The molecule has 0 radical (unpaired) electrons. The third kappa shape index (κ3) is 10.1. The zero-order valence-electron chi connectivity index (χ0n) is 28.9. The number of fused-ring (bicyclic) bond motifs is 1. The molecule has 4 rings (SSSR count). The minimum atomic E-state index is -1.22. The van der Waals surface area contributed by atoms with Crippen molar-refractivity contribution >= 4 is 36.3 Å². The van der Waals surface area contributed by atoms with Gasteiger partial charge < -0.3 is 29.4 Å². The Morgan fingerprint density at radius 1 is 1.04 bits per heavy atom. The predicted molar refractivity (Wildman–Crippen MR) is 182 cm³/mol. The number of aliphatic carboxylic acids is 1. The number of amides is 3. The lowest BCUT2D eigenvalue weighted by molar-refractivity contribution is -0.145. The first-order valence-electron chi connectivity index (χ1n) is 16.4. The number of carbonyl (C=O) groups is 5. The molecule has 13 nitrogen and oxygen atoms in total. The van der Waals surface area contributed by atoms with Gasteiger partial charge in [0.25, 0.3) is 0 Å². The van der Waals surface area contributed by atoms with E-state index in [1.54, 1.807) is 4.90 Å². The fraction of sp³-hybridized carbons (Fsp3) is 0.432. The maximum absolute atomic E-state index is 13.3. The highest BCUT2D eigenvalue weighted by Gasteiger charge is 2.43. The Morgan fingerprint density at radius 2 is 1.78 bits per heavy atom. The molecule has 1 fully saturated rings. The van der Waals surface area contributed by atoms with E-state index < -0.39 is 48.4 Å². The highest BCUT2D eigenvalue weighted by molar-refractivity contribution is 5.83. The molecular weight excluding hydrogens is 646 g/mol. The van der Waals surface area contributed by atoms with Crippen LogP contribution in [0.4, 0.5) is 14.4 Å². The molecule has 2 aromatic carbocycles. The molecule has 0 bridgehead atoms. The number of likely N-dealkylation sites (tertiary alicyclic amines) is 1. The number of nitrogens with one attached hydrogen (secondary N) is 1. The summed E-state index contributed by atoms with van der Waals surface area (Å²) in [4.78, 5) is 65.0. The largest absolute Gasteiger partial charge is 0.479 e. The highest BCUT2D eigenvalue weighted by atomic mass is 16.6. The van der Waals surface area contributed by atoms with Crippen molar-refractivity contribution < 1.29 is 48.0 Å². The van der Waals surface area contributed by atoms with Crippen LogP contribution in [0.25, 0.3) is 6.08 Å². The van der Waals surface area contributed by atoms with Gasteiger partial charge >= 0.3 is 30.2 Å². The number of hydrogen-bond donors (Lipinski definition) is 2. The second-order valence-corrected chi connectivity index (χ2v) is 13.3. The number of alkyl carbamates (subject to hydrolysis) is 1. The van der Waals surface area contributed by atoms with Crippen LogP contribution in [-0.4, -0.2) is 83.6 Å². The van der Waals surface area contributed by atoms with E-state index in [0.717, 1.165) is 22.3 Å². The van der Waals surface area contributed by atoms with Crippen LogP contribution in [0, 0.1) is 5.41 Å². The molecule has 2 aromatic rings. The van der Waals surface area contributed by atoms with Crippen molar-refractivity contribution in [3.05, 3.63) is 89.0 Å². The van der Waals surface area contributed by atoms with Crippen LogP contribution in [0.3, 0.4) is 0 Å². The van der Waals surface area contributed by atoms with Crippen molar-refractivity contribution in [2.45, 2.75) is 77.9 Å². The summed E-state index contributed by atoms with van der Waals surface area (Å²) in [6.45, 7) is 9.83. The summed E-state index contributed by atoms with van der Waals surface area (Å²) < 4.78 is 21.4. The lowest BCUT2D eigenvalue weighted by Gasteiger charge is -2.24. The summed E-state index contributed by atoms with van der Waals surface area (Å²) in [5.41, 5.74) is 3.67. The van der Waals surface area contributed by atoms with E-state index in [9.17, 15) is 29.1 Å². The number of allylic oxidation sites excluding steroid dienone is 1. The zero-order chi connectivity index (χ0) is 36.4. The van der Waals surface area contributed by atoms with E-state index in [2.05, 4.69) is 11.9 Å².